The van der Waals surface area contributed by atoms with Crippen molar-refractivity contribution in [2.45, 2.75) is 0 Å². The van der Waals surface area contributed by atoms with Crippen LogP contribution in [0.3, 0.4) is 0 Å². The molecular formula is C15H11BrClN3O3. The van der Waals surface area contributed by atoms with Gasteiger partial charge in [-0.15, -0.1) is 0 Å². The summed E-state index contributed by atoms with van der Waals surface area (Å²) in [5.74, 6) is 0. The quantitative estimate of drug-likeness (QED) is 0.575. The zero-order valence-electron chi connectivity index (χ0n) is 11.6. The molecule has 0 aliphatic carbocycles. The van der Waals surface area contributed by atoms with Crippen LogP contribution >= 0.6 is 27.5 Å². The Balaban J connectivity index is 1.97. The molecule has 8 heteroatoms. The third-order valence-electron chi connectivity index (χ3n) is 2.74. The molecule has 0 spiro atoms. The average molecular weight is 397 g/mol. The van der Waals surface area contributed by atoms with Crippen molar-refractivity contribution < 1.29 is 9.72 Å². The molecule has 0 saturated carbocycles. The van der Waals surface area contributed by atoms with Crippen LogP contribution in [0.5, 0.6) is 0 Å². The van der Waals surface area contributed by atoms with Gasteiger partial charge in [-0.05, 0) is 35.9 Å². The second-order valence-corrected chi connectivity index (χ2v) is 5.73. The predicted molar refractivity (Wildman–Crippen MR) is 93.4 cm³/mol. The maximum atomic E-state index is 11.8. The van der Waals surface area contributed by atoms with Crippen LogP contribution in [0.1, 0.15) is 5.56 Å². The zero-order valence-corrected chi connectivity index (χ0v) is 14.0. The Morgan fingerprint density at radius 1 is 1.26 bits per heavy atom. The number of carbonyl (C=O) groups is 1. The van der Waals surface area contributed by atoms with Crippen molar-refractivity contribution in [2.75, 3.05) is 5.32 Å². The van der Waals surface area contributed by atoms with E-state index < -0.39 is 11.0 Å². The molecule has 0 aliphatic rings. The van der Waals surface area contributed by atoms with Crippen LogP contribution in [0.2, 0.25) is 5.02 Å². The van der Waals surface area contributed by atoms with Gasteiger partial charge < -0.3 is 10.6 Å². The molecule has 0 aromatic heterocycles. The largest absolute Gasteiger partial charge is 0.323 e. The Hall–Kier alpha value is -2.38. The lowest BCUT2D eigenvalue weighted by atomic mass is 10.2. The van der Waals surface area contributed by atoms with Crippen molar-refractivity contribution in [2.24, 2.45) is 0 Å². The molecule has 2 aromatic rings. The molecule has 2 aromatic carbocycles. The molecule has 0 saturated heterocycles. The first-order valence-corrected chi connectivity index (χ1v) is 7.56. The molecule has 2 rings (SSSR count). The summed E-state index contributed by atoms with van der Waals surface area (Å²) in [4.78, 5) is 21.9. The van der Waals surface area contributed by atoms with Crippen LogP contribution in [0.15, 0.2) is 53.1 Å². The van der Waals surface area contributed by atoms with Gasteiger partial charge in [0, 0.05) is 22.4 Å². The van der Waals surface area contributed by atoms with Gasteiger partial charge in [0.05, 0.1) is 4.92 Å². The normalized spacial score (nSPS) is 10.5. The van der Waals surface area contributed by atoms with Gasteiger partial charge in [0.1, 0.15) is 5.02 Å². The highest BCUT2D eigenvalue weighted by atomic mass is 79.9. The molecule has 23 heavy (non-hydrogen) atoms. The fourth-order valence-corrected chi connectivity index (χ4v) is 2.32. The number of urea groups is 1. The minimum atomic E-state index is -0.613. The fourth-order valence-electron chi connectivity index (χ4n) is 1.72. The summed E-state index contributed by atoms with van der Waals surface area (Å²) >= 11 is 9.06. The Kier molecular flexibility index (Phi) is 5.72. The van der Waals surface area contributed by atoms with Crippen LogP contribution in [0, 0.1) is 10.1 Å². The van der Waals surface area contributed by atoms with Crippen molar-refractivity contribution in [3.05, 3.63) is 73.8 Å². The van der Waals surface area contributed by atoms with Crippen LogP contribution in [-0.4, -0.2) is 11.0 Å². The number of carbonyl (C=O) groups excluding carboxylic acids is 1. The average Bonchev–Trinajstić information content (AvgIpc) is 2.49. The lowest BCUT2D eigenvalue weighted by molar-refractivity contribution is -0.384. The second-order valence-electron chi connectivity index (χ2n) is 4.41. The Labute approximate surface area is 145 Å². The number of nitro groups is 1. The van der Waals surface area contributed by atoms with Crippen molar-refractivity contribution in [1.82, 2.24) is 5.32 Å². The molecule has 0 heterocycles. The maximum Gasteiger partial charge on any atom is 0.323 e. The molecule has 0 bridgehead atoms. The number of nitrogens with zero attached hydrogens (tertiary/aromatic N) is 1. The van der Waals surface area contributed by atoms with E-state index in [1.54, 1.807) is 6.08 Å². The van der Waals surface area contributed by atoms with Gasteiger partial charge in [0.2, 0.25) is 0 Å². The van der Waals surface area contributed by atoms with Crippen LogP contribution in [-0.2, 0) is 0 Å². The third kappa shape index (κ3) is 5.08. The fraction of sp³-hybridized carbons (Fsp3) is 0. The van der Waals surface area contributed by atoms with Gasteiger partial charge in [-0.25, -0.2) is 4.79 Å². The lowest BCUT2D eigenvalue weighted by Crippen LogP contribution is -2.23. The van der Waals surface area contributed by atoms with E-state index in [9.17, 15) is 14.9 Å². The Morgan fingerprint density at radius 2 is 2.04 bits per heavy atom. The first-order valence-electron chi connectivity index (χ1n) is 6.39. The smallest absolute Gasteiger partial charge is 0.314 e. The van der Waals surface area contributed by atoms with Gasteiger partial charge in [0.15, 0.2) is 0 Å². The molecular weight excluding hydrogens is 386 g/mol. The number of halogens is 2. The van der Waals surface area contributed by atoms with Crippen LogP contribution in [0.25, 0.3) is 6.08 Å². The van der Waals surface area contributed by atoms with E-state index in [1.807, 2.05) is 24.3 Å². The summed E-state index contributed by atoms with van der Waals surface area (Å²) in [7, 11) is 0. The first kappa shape index (κ1) is 17.0. The highest BCUT2D eigenvalue weighted by Gasteiger charge is 2.13. The van der Waals surface area contributed by atoms with E-state index in [1.165, 1.54) is 24.4 Å². The minimum absolute atomic E-state index is 0.00973. The summed E-state index contributed by atoms with van der Waals surface area (Å²) < 4.78 is 0.928. The lowest BCUT2D eigenvalue weighted by Gasteiger charge is -2.05. The third-order valence-corrected chi connectivity index (χ3v) is 3.55. The molecule has 6 nitrogen and oxygen atoms in total. The number of amides is 2. The van der Waals surface area contributed by atoms with Crippen molar-refractivity contribution in [3.63, 3.8) is 0 Å². The molecule has 0 atom stereocenters. The van der Waals surface area contributed by atoms with Crippen molar-refractivity contribution in [3.8, 4) is 0 Å². The predicted octanol–water partition coefficient (Wildman–Crippen LogP) is 4.80. The molecule has 0 fully saturated rings. The van der Waals surface area contributed by atoms with E-state index in [-0.39, 0.29) is 16.4 Å². The summed E-state index contributed by atoms with van der Waals surface area (Å²) in [6.45, 7) is 0. The topological polar surface area (TPSA) is 84.3 Å². The number of rotatable bonds is 4. The number of nitro benzene ring substituents is 1. The maximum absolute atomic E-state index is 11.8. The SMILES string of the molecule is O=C(N/C=C/c1cccc(Br)c1)Nc1ccc(Cl)c([N+](=O)[O-])c1. The Morgan fingerprint density at radius 3 is 2.74 bits per heavy atom. The standard InChI is InChI=1S/C15H11BrClN3O3/c16-11-3-1-2-10(8-11)6-7-18-15(21)19-12-4-5-13(17)14(9-12)20(22)23/h1-9H,(H2,18,19,21)/b7-6+. The Bertz CT molecular complexity index is 780. The van der Waals surface area contributed by atoms with E-state index >= 15 is 0 Å². The summed E-state index contributed by atoms with van der Waals surface area (Å²) in [6.07, 6.45) is 3.19. The van der Waals surface area contributed by atoms with Crippen LogP contribution < -0.4 is 10.6 Å². The van der Waals surface area contributed by atoms with Gasteiger partial charge in [0.25, 0.3) is 5.69 Å². The van der Waals surface area contributed by atoms with Gasteiger partial charge in [-0.2, -0.15) is 0 Å². The van der Waals surface area contributed by atoms with E-state index in [0.29, 0.717) is 0 Å². The first-order chi connectivity index (χ1) is 11.0. The minimum Gasteiger partial charge on any atom is -0.314 e. The summed E-state index contributed by atoms with van der Waals surface area (Å²) in [5, 5.41) is 15.8. The van der Waals surface area contributed by atoms with Gasteiger partial charge in [-0.1, -0.05) is 39.7 Å². The van der Waals surface area contributed by atoms with E-state index in [0.717, 1.165) is 10.0 Å². The monoisotopic (exact) mass is 395 g/mol. The van der Waals surface area contributed by atoms with Gasteiger partial charge in [-0.3, -0.25) is 10.1 Å². The highest BCUT2D eigenvalue weighted by molar-refractivity contribution is 9.10. The van der Waals surface area contributed by atoms with Crippen molar-refractivity contribution in [1.29, 1.82) is 0 Å². The molecule has 0 unspecified atom stereocenters. The molecule has 2 amide bonds. The number of hydrogen-bond acceptors (Lipinski definition) is 3. The molecule has 2 N–H and O–H groups in total. The summed E-state index contributed by atoms with van der Waals surface area (Å²) in [6, 6.07) is 11.0. The zero-order chi connectivity index (χ0) is 16.8. The molecule has 118 valence electrons. The van der Waals surface area contributed by atoms with Gasteiger partial charge >= 0.3 is 6.03 Å². The second kappa shape index (κ2) is 7.75. The number of nitrogens with one attached hydrogen (secondary N) is 2. The number of hydrogen-bond donors (Lipinski definition) is 2. The number of anilines is 1. The molecule has 0 radical (unpaired) electrons. The van der Waals surface area contributed by atoms with E-state index in [2.05, 4.69) is 26.6 Å². The molecule has 0 aliphatic heterocycles. The van der Waals surface area contributed by atoms with E-state index in [4.69, 9.17) is 11.6 Å². The van der Waals surface area contributed by atoms with Crippen LogP contribution in [0.4, 0.5) is 16.2 Å². The highest BCUT2D eigenvalue weighted by Crippen LogP contribution is 2.27. The van der Waals surface area contributed by atoms with Crippen molar-refractivity contribution >= 4 is 51.0 Å². The summed E-state index contributed by atoms with van der Waals surface area (Å²) in [5.41, 5.74) is 0.908. The number of benzene rings is 2.